The second kappa shape index (κ2) is 7.58. The Bertz CT molecular complexity index is 719. The summed E-state index contributed by atoms with van der Waals surface area (Å²) in [5.74, 6) is -0.373. The molecule has 0 aromatic heterocycles. The number of nitrogens with zero attached hydrogens (tertiary/aromatic N) is 1. The molecule has 2 atom stereocenters. The van der Waals surface area contributed by atoms with Crippen LogP contribution in [0.3, 0.4) is 0 Å². The lowest BCUT2D eigenvalue weighted by atomic mass is 9.71. The summed E-state index contributed by atoms with van der Waals surface area (Å²) in [5, 5.41) is 6.40. The lowest BCUT2D eigenvalue weighted by molar-refractivity contribution is -0.140. The Morgan fingerprint density at radius 3 is 2.81 bits per heavy atom. The Morgan fingerprint density at radius 2 is 2.04 bits per heavy atom. The smallest absolute Gasteiger partial charge is 0.251 e. The summed E-state index contributed by atoms with van der Waals surface area (Å²) in [4.78, 5) is 27.9. The third-order valence-corrected chi connectivity index (χ3v) is 6.56. The summed E-state index contributed by atoms with van der Waals surface area (Å²) in [6, 6.07) is 6.10. The van der Waals surface area contributed by atoms with Crippen LogP contribution >= 0.6 is 0 Å². The normalized spacial score (nSPS) is 29.3. The van der Waals surface area contributed by atoms with Crippen LogP contribution in [-0.4, -0.2) is 48.4 Å². The van der Waals surface area contributed by atoms with Gasteiger partial charge in [-0.25, -0.2) is 4.39 Å². The van der Waals surface area contributed by atoms with Gasteiger partial charge in [0.1, 0.15) is 5.82 Å². The van der Waals surface area contributed by atoms with E-state index in [1.54, 1.807) is 12.1 Å². The van der Waals surface area contributed by atoms with Gasteiger partial charge in [-0.1, -0.05) is 12.5 Å². The number of piperidine rings is 1. The monoisotopic (exact) mass is 373 g/mol. The first kappa shape index (κ1) is 18.4. The fourth-order valence-electron chi connectivity index (χ4n) is 5.12. The topological polar surface area (TPSA) is 61.4 Å². The van der Waals surface area contributed by atoms with E-state index in [0.717, 1.165) is 58.2 Å². The molecule has 2 saturated heterocycles. The molecule has 1 aromatic rings. The van der Waals surface area contributed by atoms with Gasteiger partial charge in [-0.3, -0.25) is 9.59 Å². The first-order chi connectivity index (χ1) is 13.1. The first-order valence-electron chi connectivity index (χ1n) is 10.2. The van der Waals surface area contributed by atoms with Crippen LogP contribution in [0.1, 0.15) is 55.3 Å². The number of nitrogens with one attached hydrogen (secondary N) is 2. The van der Waals surface area contributed by atoms with E-state index in [1.807, 2.05) is 0 Å². The molecule has 6 heteroatoms. The lowest BCUT2D eigenvalue weighted by Gasteiger charge is -2.38. The molecule has 3 aliphatic rings. The fourth-order valence-corrected chi connectivity index (χ4v) is 5.12. The molecule has 2 unspecified atom stereocenters. The third kappa shape index (κ3) is 3.72. The van der Waals surface area contributed by atoms with E-state index in [-0.39, 0.29) is 17.4 Å². The van der Waals surface area contributed by atoms with E-state index >= 15 is 0 Å². The summed E-state index contributed by atoms with van der Waals surface area (Å²) in [5.41, 5.74) is 0.0203. The minimum absolute atomic E-state index is 0.0218. The van der Waals surface area contributed by atoms with Crippen molar-refractivity contribution >= 4 is 11.8 Å². The quantitative estimate of drug-likeness (QED) is 0.856. The SMILES string of the molecule is O=C(NC1CCCC2(CCN(C3CCNCC3)C2=O)C1)c1cccc(F)c1. The zero-order chi connectivity index (χ0) is 18.9. The van der Waals surface area contributed by atoms with Crippen molar-refractivity contribution in [2.45, 2.75) is 57.0 Å². The zero-order valence-electron chi connectivity index (χ0n) is 15.7. The Kier molecular flexibility index (Phi) is 5.17. The average molecular weight is 373 g/mol. The number of hydrogen-bond donors (Lipinski definition) is 2. The van der Waals surface area contributed by atoms with Crippen molar-refractivity contribution in [1.82, 2.24) is 15.5 Å². The van der Waals surface area contributed by atoms with Gasteiger partial charge in [-0.2, -0.15) is 0 Å². The van der Waals surface area contributed by atoms with Gasteiger partial charge in [0, 0.05) is 24.2 Å². The van der Waals surface area contributed by atoms with Gasteiger partial charge in [-0.05, 0) is 69.8 Å². The van der Waals surface area contributed by atoms with Crippen LogP contribution in [0.2, 0.25) is 0 Å². The molecule has 5 nitrogen and oxygen atoms in total. The van der Waals surface area contributed by atoms with Crippen molar-refractivity contribution in [1.29, 1.82) is 0 Å². The van der Waals surface area contributed by atoms with Crippen molar-refractivity contribution < 1.29 is 14.0 Å². The Hall–Kier alpha value is -1.95. The molecule has 2 N–H and O–H groups in total. The van der Waals surface area contributed by atoms with E-state index < -0.39 is 5.82 Å². The van der Waals surface area contributed by atoms with Gasteiger partial charge in [-0.15, -0.1) is 0 Å². The molecule has 1 spiro atoms. The maximum absolute atomic E-state index is 13.4. The number of amides is 2. The second-order valence-corrected chi connectivity index (χ2v) is 8.29. The highest BCUT2D eigenvalue weighted by Crippen LogP contribution is 2.46. The van der Waals surface area contributed by atoms with E-state index in [4.69, 9.17) is 0 Å². The summed E-state index contributed by atoms with van der Waals surface area (Å²) in [6.07, 6.45) is 6.39. The molecule has 0 radical (unpaired) electrons. The van der Waals surface area contributed by atoms with E-state index in [2.05, 4.69) is 15.5 Å². The third-order valence-electron chi connectivity index (χ3n) is 6.56. The molecular formula is C21H28FN3O2. The summed E-state index contributed by atoms with van der Waals surface area (Å²) >= 11 is 0. The Balaban J connectivity index is 1.41. The van der Waals surface area contributed by atoms with Crippen LogP contribution in [0.5, 0.6) is 0 Å². The summed E-state index contributed by atoms with van der Waals surface area (Å²) < 4.78 is 13.4. The fraction of sp³-hybridized carbons (Fsp3) is 0.619. The van der Waals surface area contributed by atoms with Gasteiger partial charge in [0.25, 0.3) is 5.91 Å². The van der Waals surface area contributed by atoms with Crippen LogP contribution in [0.4, 0.5) is 4.39 Å². The summed E-state index contributed by atoms with van der Waals surface area (Å²) in [6.45, 7) is 2.80. The number of hydrogen-bond acceptors (Lipinski definition) is 3. The van der Waals surface area contributed by atoms with Crippen molar-refractivity contribution in [2.75, 3.05) is 19.6 Å². The van der Waals surface area contributed by atoms with Crippen molar-refractivity contribution in [3.63, 3.8) is 0 Å². The predicted octanol–water partition coefficient (Wildman–Crippen LogP) is 2.47. The highest BCUT2D eigenvalue weighted by atomic mass is 19.1. The van der Waals surface area contributed by atoms with Gasteiger partial charge >= 0.3 is 0 Å². The first-order valence-corrected chi connectivity index (χ1v) is 10.2. The molecule has 2 heterocycles. The molecule has 27 heavy (non-hydrogen) atoms. The predicted molar refractivity (Wildman–Crippen MR) is 101 cm³/mol. The van der Waals surface area contributed by atoms with Crippen LogP contribution in [-0.2, 0) is 4.79 Å². The van der Waals surface area contributed by atoms with Gasteiger partial charge in [0.2, 0.25) is 5.91 Å². The van der Waals surface area contributed by atoms with Crippen LogP contribution in [0.25, 0.3) is 0 Å². The Labute approximate surface area is 159 Å². The Morgan fingerprint density at radius 1 is 1.22 bits per heavy atom. The van der Waals surface area contributed by atoms with Gasteiger partial charge in [0.05, 0.1) is 5.41 Å². The van der Waals surface area contributed by atoms with Crippen LogP contribution < -0.4 is 10.6 Å². The van der Waals surface area contributed by atoms with E-state index in [9.17, 15) is 14.0 Å². The number of rotatable bonds is 3. The number of halogens is 1. The average Bonchev–Trinajstić information content (AvgIpc) is 2.98. The number of carbonyl (C=O) groups is 2. The molecule has 1 aliphatic carbocycles. The standard InChI is InChI=1S/C21H28FN3O2/c22-16-4-1-3-15(13-16)19(26)24-17-5-2-8-21(14-17)9-12-25(20(21)27)18-6-10-23-11-7-18/h1,3-4,13,17-18,23H,2,5-12,14H2,(H,24,26). The van der Waals surface area contributed by atoms with E-state index in [0.29, 0.717) is 23.9 Å². The van der Waals surface area contributed by atoms with Crippen molar-refractivity contribution in [3.05, 3.63) is 35.6 Å². The maximum Gasteiger partial charge on any atom is 0.251 e. The molecule has 4 rings (SSSR count). The summed E-state index contributed by atoms with van der Waals surface area (Å²) in [7, 11) is 0. The molecular weight excluding hydrogens is 345 g/mol. The van der Waals surface area contributed by atoms with Crippen molar-refractivity contribution in [3.8, 4) is 0 Å². The number of likely N-dealkylation sites (tertiary alicyclic amines) is 1. The van der Waals surface area contributed by atoms with Crippen LogP contribution in [0.15, 0.2) is 24.3 Å². The molecule has 2 aliphatic heterocycles. The number of benzene rings is 1. The molecule has 3 fully saturated rings. The highest BCUT2D eigenvalue weighted by molar-refractivity contribution is 5.94. The second-order valence-electron chi connectivity index (χ2n) is 8.29. The van der Waals surface area contributed by atoms with E-state index in [1.165, 1.54) is 12.1 Å². The molecule has 1 aromatic carbocycles. The molecule has 1 saturated carbocycles. The van der Waals surface area contributed by atoms with Crippen LogP contribution in [0, 0.1) is 11.2 Å². The maximum atomic E-state index is 13.4. The highest BCUT2D eigenvalue weighted by Gasteiger charge is 2.50. The lowest BCUT2D eigenvalue weighted by Crippen LogP contribution is -2.49. The van der Waals surface area contributed by atoms with Crippen molar-refractivity contribution in [2.24, 2.45) is 5.41 Å². The largest absolute Gasteiger partial charge is 0.349 e. The minimum Gasteiger partial charge on any atom is -0.349 e. The minimum atomic E-state index is -0.411. The zero-order valence-corrected chi connectivity index (χ0v) is 15.7. The number of carbonyl (C=O) groups excluding carboxylic acids is 2. The molecule has 0 bridgehead atoms. The molecule has 146 valence electrons. The molecule has 2 amide bonds. The van der Waals surface area contributed by atoms with Gasteiger partial charge < -0.3 is 15.5 Å². The van der Waals surface area contributed by atoms with Gasteiger partial charge in [0.15, 0.2) is 0 Å².